The van der Waals surface area contributed by atoms with Gasteiger partial charge in [-0.25, -0.2) is 8.42 Å². The molecule has 1 rings (SSSR count). The Morgan fingerprint density at radius 2 is 1.94 bits per heavy atom. The van der Waals surface area contributed by atoms with Crippen LogP contribution in [0.25, 0.3) is 0 Å². The van der Waals surface area contributed by atoms with Crippen molar-refractivity contribution in [3.63, 3.8) is 0 Å². The van der Waals surface area contributed by atoms with E-state index in [-0.39, 0.29) is 17.7 Å². The van der Waals surface area contributed by atoms with E-state index in [9.17, 15) is 8.42 Å². The highest BCUT2D eigenvalue weighted by Gasteiger charge is 2.34. The van der Waals surface area contributed by atoms with Crippen molar-refractivity contribution in [3.8, 4) is 6.07 Å². The van der Waals surface area contributed by atoms with Crippen LogP contribution in [0.5, 0.6) is 0 Å². The van der Waals surface area contributed by atoms with Gasteiger partial charge < -0.3 is 0 Å². The van der Waals surface area contributed by atoms with Gasteiger partial charge >= 0.3 is 0 Å². The van der Waals surface area contributed by atoms with Crippen LogP contribution in [0.4, 0.5) is 0 Å². The predicted molar refractivity (Wildman–Crippen MR) is 63.2 cm³/mol. The number of sulfonamides is 1. The van der Waals surface area contributed by atoms with Crippen molar-refractivity contribution < 1.29 is 8.42 Å². The van der Waals surface area contributed by atoms with Crippen LogP contribution in [-0.4, -0.2) is 30.6 Å². The molecule has 92 valence electrons. The summed E-state index contributed by atoms with van der Waals surface area (Å²) in [4.78, 5) is 0. The van der Waals surface area contributed by atoms with E-state index in [1.807, 2.05) is 19.9 Å². The van der Waals surface area contributed by atoms with E-state index in [1.54, 1.807) is 0 Å². The van der Waals surface area contributed by atoms with Gasteiger partial charge in [0.15, 0.2) is 0 Å². The zero-order chi connectivity index (χ0) is 12.2. The normalized spacial score (nSPS) is 18.2. The first-order chi connectivity index (χ1) is 7.50. The van der Waals surface area contributed by atoms with Gasteiger partial charge in [0.2, 0.25) is 10.0 Å². The molecule has 0 aromatic carbocycles. The monoisotopic (exact) mass is 244 g/mol. The molecule has 1 fully saturated rings. The second-order valence-corrected chi connectivity index (χ2v) is 6.73. The molecule has 0 N–H and O–H groups in total. The van der Waals surface area contributed by atoms with Crippen molar-refractivity contribution in [1.82, 2.24) is 4.31 Å². The van der Waals surface area contributed by atoms with E-state index in [1.165, 1.54) is 4.31 Å². The summed E-state index contributed by atoms with van der Waals surface area (Å²) in [6.45, 7) is 4.06. The van der Waals surface area contributed by atoms with Crippen molar-refractivity contribution >= 4 is 10.0 Å². The highest BCUT2D eigenvalue weighted by atomic mass is 32.2. The van der Waals surface area contributed by atoms with Crippen LogP contribution in [0.3, 0.4) is 0 Å². The Morgan fingerprint density at radius 3 is 2.38 bits per heavy atom. The molecule has 0 spiro atoms. The highest BCUT2D eigenvalue weighted by Crippen LogP contribution is 2.28. The van der Waals surface area contributed by atoms with E-state index in [2.05, 4.69) is 0 Å². The van der Waals surface area contributed by atoms with Crippen molar-refractivity contribution in [2.45, 2.75) is 57.2 Å². The quantitative estimate of drug-likeness (QED) is 0.742. The Morgan fingerprint density at radius 1 is 1.38 bits per heavy atom. The van der Waals surface area contributed by atoms with Gasteiger partial charge in [0.25, 0.3) is 0 Å². The number of nitrogens with zero attached hydrogens (tertiary/aromatic N) is 2. The Balaban J connectivity index is 2.79. The standard InChI is InChI=1S/C11H20N2O2S/c1-10(2)13(9-5-8-12)16(14,15)11-6-3-4-7-11/h10-11H,3-7,9H2,1-2H3. The molecular weight excluding hydrogens is 224 g/mol. The first kappa shape index (κ1) is 13.5. The zero-order valence-electron chi connectivity index (χ0n) is 10.0. The van der Waals surface area contributed by atoms with Gasteiger partial charge in [0, 0.05) is 19.0 Å². The van der Waals surface area contributed by atoms with Gasteiger partial charge in [0.05, 0.1) is 11.3 Å². The van der Waals surface area contributed by atoms with E-state index < -0.39 is 10.0 Å². The van der Waals surface area contributed by atoms with Crippen molar-refractivity contribution in [2.24, 2.45) is 0 Å². The summed E-state index contributed by atoms with van der Waals surface area (Å²) in [5.74, 6) is 0. The largest absolute Gasteiger partial charge is 0.217 e. The first-order valence-corrected chi connectivity index (χ1v) is 7.38. The summed E-state index contributed by atoms with van der Waals surface area (Å²) >= 11 is 0. The first-order valence-electron chi connectivity index (χ1n) is 5.87. The average Bonchev–Trinajstić information content (AvgIpc) is 2.70. The Kier molecular flexibility index (Phi) is 4.75. The molecule has 0 aromatic rings. The minimum absolute atomic E-state index is 0.0565. The maximum absolute atomic E-state index is 12.3. The number of hydrogen-bond donors (Lipinski definition) is 0. The second kappa shape index (κ2) is 5.65. The molecule has 5 heteroatoms. The van der Waals surface area contributed by atoms with Crippen molar-refractivity contribution in [1.29, 1.82) is 5.26 Å². The van der Waals surface area contributed by atoms with Gasteiger partial charge in [-0.15, -0.1) is 0 Å². The number of nitriles is 1. The maximum atomic E-state index is 12.3. The lowest BCUT2D eigenvalue weighted by atomic mass is 10.3. The lowest BCUT2D eigenvalue weighted by Crippen LogP contribution is -2.42. The van der Waals surface area contributed by atoms with E-state index in [0.29, 0.717) is 6.54 Å². The molecule has 0 atom stereocenters. The van der Waals surface area contributed by atoms with Crippen LogP contribution < -0.4 is 0 Å². The van der Waals surface area contributed by atoms with E-state index in [4.69, 9.17) is 5.26 Å². The third kappa shape index (κ3) is 2.96. The Hall–Kier alpha value is -0.600. The number of rotatable bonds is 5. The van der Waals surface area contributed by atoms with Crippen LogP contribution in [0.2, 0.25) is 0 Å². The Bertz CT molecular complexity index is 351. The predicted octanol–water partition coefficient (Wildman–Crippen LogP) is 1.88. The average molecular weight is 244 g/mol. The fraction of sp³-hybridized carbons (Fsp3) is 0.909. The van der Waals surface area contributed by atoms with E-state index in [0.717, 1.165) is 25.7 Å². The second-order valence-electron chi connectivity index (χ2n) is 4.56. The summed E-state index contributed by atoms with van der Waals surface area (Å²) in [5.41, 5.74) is 0. The van der Waals surface area contributed by atoms with Gasteiger partial charge in [-0.3, -0.25) is 0 Å². The van der Waals surface area contributed by atoms with Crippen LogP contribution in [0.15, 0.2) is 0 Å². The molecule has 0 bridgehead atoms. The van der Waals surface area contributed by atoms with Gasteiger partial charge in [-0.2, -0.15) is 9.57 Å². The van der Waals surface area contributed by atoms with Gasteiger partial charge in [-0.05, 0) is 26.7 Å². The molecule has 0 heterocycles. The lowest BCUT2D eigenvalue weighted by molar-refractivity contribution is 0.354. The fourth-order valence-electron chi connectivity index (χ4n) is 2.22. The molecule has 0 aliphatic heterocycles. The minimum Gasteiger partial charge on any atom is -0.212 e. The summed E-state index contributed by atoms with van der Waals surface area (Å²) < 4.78 is 26.1. The third-order valence-corrected chi connectivity index (χ3v) is 5.64. The molecule has 0 saturated heterocycles. The SMILES string of the molecule is CC(C)N(CCC#N)S(=O)(=O)C1CCCC1. The van der Waals surface area contributed by atoms with E-state index >= 15 is 0 Å². The maximum Gasteiger partial charge on any atom is 0.217 e. The molecule has 0 unspecified atom stereocenters. The lowest BCUT2D eigenvalue weighted by Gasteiger charge is -2.28. The van der Waals surface area contributed by atoms with Gasteiger partial charge in [-0.1, -0.05) is 12.8 Å². The van der Waals surface area contributed by atoms with Crippen LogP contribution in [-0.2, 0) is 10.0 Å². The molecule has 0 amide bonds. The highest BCUT2D eigenvalue weighted by molar-refractivity contribution is 7.89. The summed E-state index contributed by atoms with van der Waals surface area (Å²) in [6.07, 6.45) is 3.84. The smallest absolute Gasteiger partial charge is 0.212 e. The minimum atomic E-state index is -3.19. The molecule has 4 nitrogen and oxygen atoms in total. The van der Waals surface area contributed by atoms with Crippen LogP contribution >= 0.6 is 0 Å². The van der Waals surface area contributed by atoms with Crippen LogP contribution in [0.1, 0.15) is 46.0 Å². The van der Waals surface area contributed by atoms with Crippen molar-refractivity contribution in [2.75, 3.05) is 6.54 Å². The molecule has 1 saturated carbocycles. The van der Waals surface area contributed by atoms with Crippen LogP contribution in [0, 0.1) is 11.3 Å². The summed E-state index contributed by atoms with van der Waals surface area (Å²) in [5, 5.41) is 8.34. The summed E-state index contributed by atoms with van der Waals surface area (Å²) in [7, 11) is -3.19. The third-order valence-electron chi connectivity index (χ3n) is 3.07. The summed E-state index contributed by atoms with van der Waals surface area (Å²) in [6, 6.07) is 1.95. The molecule has 1 aliphatic rings. The Labute approximate surface area is 98.3 Å². The molecule has 0 aromatic heterocycles. The van der Waals surface area contributed by atoms with Crippen molar-refractivity contribution in [3.05, 3.63) is 0 Å². The fourth-order valence-corrected chi connectivity index (χ4v) is 4.46. The molecule has 16 heavy (non-hydrogen) atoms. The number of hydrogen-bond acceptors (Lipinski definition) is 3. The molecule has 0 radical (unpaired) electrons. The molecule has 1 aliphatic carbocycles. The topological polar surface area (TPSA) is 61.2 Å². The van der Waals surface area contributed by atoms with Gasteiger partial charge in [0.1, 0.15) is 0 Å². The molecular formula is C11H20N2O2S. The zero-order valence-corrected chi connectivity index (χ0v) is 10.8.